The molecular weight excluding hydrogens is 246 g/mol. The van der Waals surface area contributed by atoms with Crippen LogP contribution in [0, 0.1) is 5.92 Å². The number of fused-ring (bicyclic) bond motifs is 3. The predicted octanol–water partition coefficient (Wildman–Crippen LogP) is 4.23. The third-order valence-corrected chi connectivity index (χ3v) is 5.04. The summed E-state index contributed by atoms with van der Waals surface area (Å²) < 4.78 is 0. The molecule has 0 aromatic carbocycles. The van der Waals surface area contributed by atoms with Crippen LogP contribution in [0.5, 0.6) is 0 Å². The van der Waals surface area contributed by atoms with E-state index in [0.29, 0.717) is 11.7 Å². The topological polar surface area (TPSA) is 32.9 Å². The quantitative estimate of drug-likeness (QED) is 0.754. The maximum absolute atomic E-state index is 12.1. The number of hydrogen-bond acceptors (Lipinski definition) is 1. The number of nitrogens with one attached hydrogen (secondary N) is 1. The molecule has 1 aromatic heterocycles. The van der Waals surface area contributed by atoms with Gasteiger partial charge in [-0.05, 0) is 29.9 Å². The van der Waals surface area contributed by atoms with E-state index in [1.807, 2.05) is 0 Å². The van der Waals surface area contributed by atoms with Gasteiger partial charge in [-0.3, -0.25) is 4.79 Å². The summed E-state index contributed by atoms with van der Waals surface area (Å²) in [4.78, 5) is 15.9. The summed E-state index contributed by atoms with van der Waals surface area (Å²) in [5, 5.41) is 0. The number of carbonyl (C=O) groups excluding carboxylic acids is 1. The SMILES string of the molecule is CC(C)(C)c1[nH]c(C(C)(C)C)c2c1CC1C(=O)CCC21. The molecule has 2 heteroatoms. The van der Waals surface area contributed by atoms with Crippen LogP contribution in [0.15, 0.2) is 0 Å². The molecule has 1 heterocycles. The first-order valence-corrected chi connectivity index (χ1v) is 7.89. The van der Waals surface area contributed by atoms with Gasteiger partial charge in [0.2, 0.25) is 0 Å². The molecule has 110 valence electrons. The lowest BCUT2D eigenvalue weighted by Crippen LogP contribution is -2.19. The second-order valence-corrected chi connectivity index (χ2v) is 8.69. The van der Waals surface area contributed by atoms with E-state index in [-0.39, 0.29) is 16.7 Å². The maximum Gasteiger partial charge on any atom is 0.136 e. The minimum absolute atomic E-state index is 0.119. The highest BCUT2D eigenvalue weighted by molar-refractivity contribution is 5.86. The predicted molar refractivity (Wildman–Crippen MR) is 82.4 cm³/mol. The summed E-state index contributed by atoms with van der Waals surface area (Å²) in [5.74, 6) is 1.25. The fraction of sp³-hybridized carbons (Fsp3) is 0.722. The van der Waals surface area contributed by atoms with Crippen molar-refractivity contribution in [1.82, 2.24) is 4.98 Å². The minimum Gasteiger partial charge on any atom is -0.361 e. The Hall–Kier alpha value is -1.05. The lowest BCUT2D eigenvalue weighted by atomic mass is 9.84. The molecule has 0 saturated heterocycles. The number of rotatable bonds is 0. The third kappa shape index (κ3) is 1.88. The monoisotopic (exact) mass is 273 g/mol. The molecule has 1 saturated carbocycles. The number of Topliss-reactive ketones (excluding diaryl/α,β-unsaturated/α-hetero) is 1. The van der Waals surface area contributed by atoms with E-state index in [4.69, 9.17) is 0 Å². The summed E-state index contributed by atoms with van der Waals surface area (Å²) in [7, 11) is 0. The van der Waals surface area contributed by atoms with Crippen LogP contribution in [0.4, 0.5) is 0 Å². The van der Waals surface area contributed by atoms with Gasteiger partial charge in [0, 0.05) is 34.6 Å². The van der Waals surface area contributed by atoms with Gasteiger partial charge in [0.25, 0.3) is 0 Å². The van der Waals surface area contributed by atoms with Crippen molar-refractivity contribution in [1.29, 1.82) is 0 Å². The van der Waals surface area contributed by atoms with Crippen molar-refractivity contribution in [2.45, 2.75) is 77.6 Å². The van der Waals surface area contributed by atoms with E-state index in [9.17, 15) is 4.79 Å². The summed E-state index contributed by atoms with van der Waals surface area (Å²) in [5.41, 5.74) is 5.94. The number of hydrogen-bond donors (Lipinski definition) is 1. The Morgan fingerprint density at radius 2 is 1.55 bits per heavy atom. The third-order valence-electron chi connectivity index (χ3n) is 5.04. The zero-order chi connectivity index (χ0) is 14.9. The lowest BCUT2D eigenvalue weighted by molar-refractivity contribution is -0.120. The highest BCUT2D eigenvalue weighted by atomic mass is 16.1. The van der Waals surface area contributed by atoms with Crippen LogP contribution in [0.1, 0.15) is 82.8 Å². The number of aromatic nitrogens is 1. The van der Waals surface area contributed by atoms with Gasteiger partial charge in [-0.1, -0.05) is 41.5 Å². The molecule has 2 unspecified atom stereocenters. The Kier molecular flexibility index (Phi) is 2.78. The molecule has 3 rings (SSSR count). The van der Waals surface area contributed by atoms with E-state index in [0.717, 1.165) is 19.3 Å². The Morgan fingerprint density at radius 3 is 2.10 bits per heavy atom. The van der Waals surface area contributed by atoms with Gasteiger partial charge in [-0.15, -0.1) is 0 Å². The molecule has 0 spiro atoms. The van der Waals surface area contributed by atoms with Crippen molar-refractivity contribution in [2.75, 3.05) is 0 Å². The Balaban J connectivity index is 2.20. The molecule has 1 N–H and O–H groups in total. The van der Waals surface area contributed by atoms with Gasteiger partial charge in [0.15, 0.2) is 0 Å². The summed E-state index contributed by atoms with van der Waals surface area (Å²) >= 11 is 0. The molecule has 2 aliphatic rings. The van der Waals surface area contributed by atoms with Crippen LogP contribution >= 0.6 is 0 Å². The van der Waals surface area contributed by atoms with E-state index in [1.165, 1.54) is 22.5 Å². The first kappa shape index (κ1) is 13.9. The Labute approximate surface area is 122 Å². The average Bonchev–Trinajstić information content (AvgIpc) is 2.86. The normalized spacial score (nSPS) is 26.0. The number of aromatic amines is 1. The van der Waals surface area contributed by atoms with Crippen LogP contribution in [0.2, 0.25) is 0 Å². The fourth-order valence-electron chi connectivity index (χ4n) is 4.14. The molecule has 1 aromatic rings. The van der Waals surface area contributed by atoms with Crippen molar-refractivity contribution in [3.05, 3.63) is 22.5 Å². The van der Waals surface area contributed by atoms with Crippen LogP contribution in [-0.2, 0) is 22.0 Å². The molecule has 2 atom stereocenters. The van der Waals surface area contributed by atoms with Crippen LogP contribution in [0.25, 0.3) is 0 Å². The first-order valence-electron chi connectivity index (χ1n) is 7.89. The highest BCUT2D eigenvalue weighted by Gasteiger charge is 2.47. The van der Waals surface area contributed by atoms with Crippen LogP contribution < -0.4 is 0 Å². The Morgan fingerprint density at radius 1 is 0.950 bits per heavy atom. The molecular formula is C18H27NO. The zero-order valence-corrected chi connectivity index (χ0v) is 13.7. The zero-order valence-electron chi connectivity index (χ0n) is 13.7. The number of ketones is 1. The van der Waals surface area contributed by atoms with E-state index in [1.54, 1.807) is 0 Å². The van der Waals surface area contributed by atoms with Gasteiger partial charge in [-0.2, -0.15) is 0 Å². The molecule has 20 heavy (non-hydrogen) atoms. The lowest BCUT2D eigenvalue weighted by Gasteiger charge is -2.23. The minimum atomic E-state index is 0.119. The van der Waals surface area contributed by atoms with Gasteiger partial charge >= 0.3 is 0 Å². The van der Waals surface area contributed by atoms with Crippen molar-refractivity contribution in [2.24, 2.45) is 5.92 Å². The van der Waals surface area contributed by atoms with Gasteiger partial charge in [0.1, 0.15) is 5.78 Å². The molecule has 2 nitrogen and oxygen atoms in total. The van der Waals surface area contributed by atoms with Crippen LogP contribution in [0.3, 0.4) is 0 Å². The number of H-pyrrole nitrogens is 1. The largest absolute Gasteiger partial charge is 0.361 e. The van der Waals surface area contributed by atoms with Crippen molar-refractivity contribution < 1.29 is 4.79 Å². The van der Waals surface area contributed by atoms with Crippen molar-refractivity contribution in [3.63, 3.8) is 0 Å². The maximum atomic E-state index is 12.1. The summed E-state index contributed by atoms with van der Waals surface area (Å²) in [6.07, 6.45) is 2.81. The van der Waals surface area contributed by atoms with Gasteiger partial charge < -0.3 is 4.98 Å². The molecule has 0 bridgehead atoms. The van der Waals surface area contributed by atoms with E-state index >= 15 is 0 Å². The molecule has 0 amide bonds. The second kappa shape index (κ2) is 3.99. The summed E-state index contributed by atoms with van der Waals surface area (Å²) in [6.45, 7) is 13.6. The van der Waals surface area contributed by atoms with Crippen LogP contribution in [-0.4, -0.2) is 10.8 Å². The fourth-order valence-corrected chi connectivity index (χ4v) is 4.14. The van der Waals surface area contributed by atoms with Crippen molar-refractivity contribution >= 4 is 5.78 Å². The molecule has 0 aliphatic heterocycles. The molecule has 2 aliphatic carbocycles. The summed E-state index contributed by atoms with van der Waals surface area (Å²) in [6, 6.07) is 0. The Bertz CT molecular complexity index is 565. The van der Waals surface area contributed by atoms with E-state index in [2.05, 4.69) is 46.5 Å². The second-order valence-electron chi connectivity index (χ2n) is 8.69. The first-order chi connectivity index (χ1) is 9.10. The molecule has 0 radical (unpaired) electrons. The standard InChI is InChI=1S/C18H27NO/c1-17(2,3)15-12-9-11-10(7-8-13(11)20)14(12)16(19-15)18(4,5)6/h10-11,19H,7-9H2,1-6H3. The molecule has 1 fully saturated rings. The van der Waals surface area contributed by atoms with Gasteiger partial charge in [0.05, 0.1) is 0 Å². The number of carbonyl (C=O) groups is 1. The van der Waals surface area contributed by atoms with Gasteiger partial charge in [-0.25, -0.2) is 0 Å². The smallest absolute Gasteiger partial charge is 0.136 e. The van der Waals surface area contributed by atoms with Crippen molar-refractivity contribution in [3.8, 4) is 0 Å². The average molecular weight is 273 g/mol. The van der Waals surface area contributed by atoms with E-state index < -0.39 is 0 Å². The highest BCUT2D eigenvalue weighted by Crippen LogP contribution is 2.52.